The van der Waals surface area contributed by atoms with Gasteiger partial charge in [-0.2, -0.15) is 0 Å². The molecule has 2 rings (SSSR count). The molecule has 0 radical (unpaired) electrons. The molecule has 0 saturated carbocycles. The second-order valence-corrected chi connectivity index (χ2v) is 7.46. The lowest BCUT2D eigenvalue weighted by Gasteiger charge is -2.26. The third kappa shape index (κ3) is 7.28. The van der Waals surface area contributed by atoms with Gasteiger partial charge in [-0.3, -0.25) is 14.4 Å². The van der Waals surface area contributed by atoms with Crippen molar-refractivity contribution in [2.75, 3.05) is 32.1 Å². The van der Waals surface area contributed by atoms with Crippen molar-refractivity contribution in [3.05, 3.63) is 47.0 Å². The van der Waals surface area contributed by atoms with E-state index in [0.717, 1.165) is 0 Å². The summed E-state index contributed by atoms with van der Waals surface area (Å²) in [6.45, 7) is 4.51. The van der Waals surface area contributed by atoms with Gasteiger partial charge in [-0.05, 0) is 26.0 Å². The molecule has 29 heavy (non-hydrogen) atoms. The number of nitrogens with one attached hydrogen (secondary N) is 2. The molecule has 1 aromatic heterocycles. The van der Waals surface area contributed by atoms with Crippen molar-refractivity contribution < 1.29 is 19.1 Å². The smallest absolute Gasteiger partial charge is 0.254 e. The van der Waals surface area contributed by atoms with Gasteiger partial charge in [0.25, 0.3) is 5.91 Å². The highest BCUT2D eigenvalue weighted by Gasteiger charge is 2.22. The fraction of sp³-hybridized carbons (Fsp3) is 0.400. The summed E-state index contributed by atoms with van der Waals surface area (Å²) in [5.74, 6) is -0.707. The summed E-state index contributed by atoms with van der Waals surface area (Å²) in [5.41, 5.74) is 1.10. The van der Waals surface area contributed by atoms with Crippen LogP contribution in [-0.4, -0.2) is 60.5 Å². The molecule has 0 bridgehead atoms. The molecule has 3 amide bonds. The zero-order valence-electron chi connectivity index (χ0n) is 16.8. The highest BCUT2D eigenvalue weighted by molar-refractivity contribution is 7.13. The van der Waals surface area contributed by atoms with E-state index < -0.39 is 0 Å². The maximum Gasteiger partial charge on any atom is 0.254 e. The molecule has 2 N–H and O–H groups in total. The Kier molecular flexibility index (Phi) is 8.75. The van der Waals surface area contributed by atoms with Gasteiger partial charge < -0.3 is 20.3 Å². The number of carbonyl (C=O) groups is 3. The first-order chi connectivity index (χ1) is 13.9. The SMILES string of the molecule is COCCNC(=O)Cc1csc(NC(=O)CN(C(=O)c2ccccc2)C(C)C)n1. The fourth-order valence-electron chi connectivity index (χ4n) is 2.51. The Morgan fingerprint density at radius 3 is 2.55 bits per heavy atom. The number of hydrogen-bond acceptors (Lipinski definition) is 6. The van der Waals surface area contributed by atoms with E-state index in [9.17, 15) is 14.4 Å². The molecule has 2 aromatic rings. The maximum absolute atomic E-state index is 12.7. The molecule has 0 aliphatic rings. The first kappa shape index (κ1) is 22.5. The van der Waals surface area contributed by atoms with Gasteiger partial charge in [0.2, 0.25) is 11.8 Å². The summed E-state index contributed by atoms with van der Waals surface area (Å²) in [5, 5.41) is 7.54. The summed E-state index contributed by atoms with van der Waals surface area (Å²) in [7, 11) is 1.56. The van der Waals surface area contributed by atoms with E-state index in [1.807, 2.05) is 19.9 Å². The summed E-state index contributed by atoms with van der Waals surface area (Å²) < 4.78 is 4.88. The van der Waals surface area contributed by atoms with Gasteiger partial charge >= 0.3 is 0 Å². The summed E-state index contributed by atoms with van der Waals surface area (Å²) in [6, 6.07) is 8.71. The van der Waals surface area contributed by atoms with Crippen LogP contribution in [0.3, 0.4) is 0 Å². The Morgan fingerprint density at radius 1 is 1.17 bits per heavy atom. The van der Waals surface area contributed by atoms with Crippen LogP contribution in [0.5, 0.6) is 0 Å². The average Bonchev–Trinajstić information content (AvgIpc) is 3.12. The van der Waals surface area contributed by atoms with E-state index in [4.69, 9.17) is 4.74 Å². The van der Waals surface area contributed by atoms with E-state index in [-0.39, 0.29) is 36.7 Å². The Balaban J connectivity index is 1.91. The number of anilines is 1. The van der Waals surface area contributed by atoms with Gasteiger partial charge in [-0.25, -0.2) is 4.98 Å². The molecule has 0 unspecified atom stereocenters. The second kappa shape index (κ2) is 11.3. The van der Waals surface area contributed by atoms with Gasteiger partial charge in [0.05, 0.1) is 18.7 Å². The van der Waals surface area contributed by atoms with Crippen molar-refractivity contribution in [2.45, 2.75) is 26.3 Å². The fourth-order valence-corrected chi connectivity index (χ4v) is 3.24. The van der Waals surface area contributed by atoms with Crippen molar-refractivity contribution in [3.8, 4) is 0 Å². The van der Waals surface area contributed by atoms with Gasteiger partial charge in [-0.15, -0.1) is 11.3 Å². The van der Waals surface area contributed by atoms with Crippen LogP contribution in [-0.2, 0) is 20.7 Å². The third-order valence-electron chi connectivity index (χ3n) is 3.99. The van der Waals surface area contributed by atoms with Crippen molar-refractivity contribution in [2.24, 2.45) is 0 Å². The van der Waals surface area contributed by atoms with E-state index in [2.05, 4.69) is 15.6 Å². The number of benzene rings is 1. The number of carbonyl (C=O) groups excluding carboxylic acids is 3. The van der Waals surface area contributed by atoms with Crippen LogP contribution in [0.4, 0.5) is 5.13 Å². The maximum atomic E-state index is 12.7. The summed E-state index contributed by atoms with van der Waals surface area (Å²) in [6.07, 6.45) is 0.126. The molecule has 0 saturated heterocycles. The molecular formula is C20H26N4O4S. The van der Waals surface area contributed by atoms with Crippen molar-refractivity contribution >= 4 is 34.2 Å². The minimum Gasteiger partial charge on any atom is -0.383 e. The van der Waals surface area contributed by atoms with E-state index in [0.29, 0.717) is 29.5 Å². The van der Waals surface area contributed by atoms with Crippen LogP contribution in [0.2, 0.25) is 0 Å². The zero-order chi connectivity index (χ0) is 21.2. The van der Waals surface area contributed by atoms with Crippen LogP contribution >= 0.6 is 11.3 Å². The normalized spacial score (nSPS) is 10.6. The van der Waals surface area contributed by atoms with Crippen molar-refractivity contribution in [1.82, 2.24) is 15.2 Å². The number of hydrogen-bond donors (Lipinski definition) is 2. The topological polar surface area (TPSA) is 101 Å². The minimum absolute atomic E-state index is 0.0855. The first-order valence-electron chi connectivity index (χ1n) is 9.26. The number of nitrogens with zero attached hydrogens (tertiary/aromatic N) is 2. The average molecular weight is 419 g/mol. The van der Waals surface area contributed by atoms with Crippen molar-refractivity contribution in [3.63, 3.8) is 0 Å². The van der Waals surface area contributed by atoms with Gasteiger partial charge in [0, 0.05) is 30.6 Å². The van der Waals surface area contributed by atoms with Gasteiger partial charge in [0.15, 0.2) is 5.13 Å². The van der Waals surface area contributed by atoms with Crippen molar-refractivity contribution in [1.29, 1.82) is 0 Å². The van der Waals surface area contributed by atoms with E-state index in [1.165, 1.54) is 16.2 Å². The molecule has 0 spiro atoms. The molecule has 1 aromatic carbocycles. The van der Waals surface area contributed by atoms with Crippen LogP contribution in [0.25, 0.3) is 0 Å². The van der Waals surface area contributed by atoms with Crippen LogP contribution < -0.4 is 10.6 Å². The minimum atomic E-state index is -0.339. The molecular weight excluding hydrogens is 392 g/mol. The molecule has 9 heteroatoms. The lowest BCUT2D eigenvalue weighted by molar-refractivity contribution is -0.120. The number of thiazole rings is 1. The van der Waals surface area contributed by atoms with E-state index in [1.54, 1.807) is 36.8 Å². The lowest BCUT2D eigenvalue weighted by atomic mass is 10.1. The Labute approximate surface area is 174 Å². The number of rotatable bonds is 10. The highest BCUT2D eigenvalue weighted by atomic mass is 32.1. The second-order valence-electron chi connectivity index (χ2n) is 6.60. The van der Waals surface area contributed by atoms with Gasteiger partial charge in [0.1, 0.15) is 6.54 Å². The van der Waals surface area contributed by atoms with Crippen LogP contribution in [0.15, 0.2) is 35.7 Å². The number of amides is 3. The highest BCUT2D eigenvalue weighted by Crippen LogP contribution is 2.16. The monoisotopic (exact) mass is 418 g/mol. The number of ether oxygens (including phenoxy) is 1. The van der Waals surface area contributed by atoms with E-state index >= 15 is 0 Å². The first-order valence-corrected chi connectivity index (χ1v) is 10.1. The third-order valence-corrected chi connectivity index (χ3v) is 4.79. The largest absolute Gasteiger partial charge is 0.383 e. The zero-order valence-corrected chi connectivity index (χ0v) is 17.6. The predicted molar refractivity (Wildman–Crippen MR) is 112 cm³/mol. The number of aromatic nitrogens is 1. The quantitative estimate of drug-likeness (QED) is 0.574. The standard InChI is InChI=1S/C20H26N4O4S/c1-14(2)24(19(27)15-7-5-4-6-8-15)12-18(26)23-20-22-16(13-29-20)11-17(25)21-9-10-28-3/h4-8,13-14H,9-12H2,1-3H3,(H,21,25)(H,22,23,26). The predicted octanol–water partition coefficient (Wildman–Crippen LogP) is 1.94. The Morgan fingerprint density at radius 2 is 1.90 bits per heavy atom. The molecule has 0 atom stereocenters. The Hall–Kier alpha value is -2.78. The molecule has 0 aliphatic carbocycles. The molecule has 156 valence electrons. The Bertz CT molecular complexity index is 823. The van der Waals surface area contributed by atoms with Gasteiger partial charge in [-0.1, -0.05) is 18.2 Å². The molecule has 8 nitrogen and oxygen atoms in total. The van der Waals surface area contributed by atoms with Crippen LogP contribution in [0, 0.1) is 0 Å². The van der Waals surface area contributed by atoms with Crippen LogP contribution in [0.1, 0.15) is 29.9 Å². The molecule has 0 fully saturated rings. The molecule has 1 heterocycles. The summed E-state index contributed by atoms with van der Waals surface area (Å²) >= 11 is 1.24. The molecule has 0 aliphatic heterocycles. The number of methoxy groups -OCH3 is 1. The lowest BCUT2D eigenvalue weighted by Crippen LogP contribution is -2.42. The summed E-state index contributed by atoms with van der Waals surface area (Å²) in [4.78, 5) is 42.7.